The summed E-state index contributed by atoms with van der Waals surface area (Å²) in [6.07, 6.45) is 0.710. The number of hydrogen-bond donors (Lipinski definition) is 4. The van der Waals surface area contributed by atoms with E-state index in [0.717, 1.165) is 43.7 Å². The van der Waals surface area contributed by atoms with Crippen LogP contribution in [0.1, 0.15) is 44.0 Å². The normalized spacial score (nSPS) is 14.9. The summed E-state index contributed by atoms with van der Waals surface area (Å²) in [5.41, 5.74) is 8.09. The molecule has 1 fully saturated rings. The first-order chi connectivity index (χ1) is 36.7. The van der Waals surface area contributed by atoms with Crippen LogP contribution in [0.5, 0.6) is 11.5 Å². The number of benzene rings is 5. The Morgan fingerprint density at radius 2 is 1.54 bits per heavy atom. The molecule has 8 rings (SSSR count). The van der Waals surface area contributed by atoms with E-state index in [9.17, 15) is 23.9 Å². The smallest absolute Gasteiger partial charge is 0.246 e. The Bertz CT molecular complexity index is 3090. The molecule has 0 bridgehead atoms. The van der Waals surface area contributed by atoms with Crippen molar-refractivity contribution >= 4 is 63.1 Å². The lowest BCUT2D eigenvalue weighted by Crippen LogP contribution is -2.58. The molecule has 5 aromatic carbocycles. The number of carbonyl (C=O) groups is 3. The number of thiazole rings is 1. The standard InChI is InChI=1S/C57H61ClFN7O9S/c1-36-52(76-35-63-36)40-10-8-37(9-11-40)30-60-55(69)49-29-44(67)31-66(49)56(70)53(57(2,3)4)65-51(68)33-73-23-22-71-20-21-72-24-25-74-45-16-12-39(13-17-45)41-14-18-48-46(27-41)54(62-34-61-48)64-43-15-19-50(47(58)28-43)75-32-38-6-5-7-42(59)26-38/h5-19,26-28,34-35,44,49,53,67H,20-25,29-33H2,1-4H3,(H,60,69)(H,65,68)(H,61,62,64)/t44-,49+,53?/m1/s1. The molecule has 16 nitrogen and oxygen atoms in total. The van der Waals surface area contributed by atoms with Crippen molar-refractivity contribution in [2.24, 2.45) is 5.41 Å². The lowest BCUT2D eigenvalue weighted by Gasteiger charge is -2.35. The minimum atomic E-state index is -0.976. The number of nitrogens with zero attached hydrogens (tertiary/aromatic N) is 4. The van der Waals surface area contributed by atoms with Gasteiger partial charge in [0.25, 0.3) is 0 Å². The van der Waals surface area contributed by atoms with Crippen molar-refractivity contribution in [2.45, 2.75) is 65.5 Å². The third-order valence-corrected chi connectivity index (χ3v) is 13.8. The molecular formula is C57H61ClFN7O9S. The van der Waals surface area contributed by atoms with Crippen LogP contribution in [0.2, 0.25) is 5.02 Å². The molecule has 1 aliphatic rings. The number of rotatable bonds is 24. The molecule has 0 saturated carbocycles. The molecule has 1 saturated heterocycles. The van der Waals surface area contributed by atoms with E-state index < -0.39 is 35.4 Å². The zero-order valence-electron chi connectivity index (χ0n) is 42.7. The van der Waals surface area contributed by atoms with Gasteiger partial charge in [0.15, 0.2) is 0 Å². The van der Waals surface area contributed by atoms with Gasteiger partial charge in [-0.2, -0.15) is 0 Å². The van der Waals surface area contributed by atoms with Crippen LogP contribution in [0.3, 0.4) is 0 Å². The van der Waals surface area contributed by atoms with Crippen LogP contribution in [0.15, 0.2) is 121 Å². The second-order valence-electron chi connectivity index (χ2n) is 19.2. The highest BCUT2D eigenvalue weighted by Crippen LogP contribution is 2.34. The Hall–Kier alpha value is -7.06. The van der Waals surface area contributed by atoms with Gasteiger partial charge in [0.1, 0.15) is 61.4 Å². The van der Waals surface area contributed by atoms with Crippen molar-refractivity contribution in [3.63, 3.8) is 0 Å². The number of ether oxygens (including phenoxy) is 5. The number of nitrogens with one attached hydrogen (secondary N) is 3. The van der Waals surface area contributed by atoms with Gasteiger partial charge in [-0.15, -0.1) is 11.3 Å². The van der Waals surface area contributed by atoms with E-state index in [1.54, 1.807) is 35.6 Å². The van der Waals surface area contributed by atoms with Crippen molar-refractivity contribution in [1.82, 2.24) is 30.5 Å². The summed E-state index contributed by atoms with van der Waals surface area (Å²) in [7, 11) is 0. The number of aromatic nitrogens is 3. The lowest BCUT2D eigenvalue weighted by atomic mass is 9.85. The summed E-state index contributed by atoms with van der Waals surface area (Å²) in [6.45, 7) is 9.22. The highest BCUT2D eigenvalue weighted by molar-refractivity contribution is 7.13. The van der Waals surface area contributed by atoms with E-state index in [4.69, 9.17) is 35.3 Å². The van der Waals surface area contributed by atoms with Crippen LogP contribution >= 0.6 is 22.9 Å². The van der Waals surface area contributed by atoms with Gasteiger partial charge in [0.05, 0.1) is 65.8 Å². The summed E-state index contributed by atoms with van der Waals surface area (Å²) in [5.74, 6) is 0.116. The Kier molecular flexibility index (Phi) is 19.0. The molecule has 0 radical (unpaired) electrons. The Balaban J connectivity index is 0.705. The van der Waals surface area contributed by atoms with Crippen LogP contribution in [0.25, 0.3) is 32.5 Å². The van der Waals surface area contributed by atoms with Gasteiger partial charge in [-0.25, -0.2) is 19.3 Å². The highest BCUT2D eigenvalue weighted by Gasteiger charge is 2.44. The van der Waals surface area contributed by atoms with E-state index in [-0.39, 0.29) is 57.7 Å². The van der Waals surface area contributed by atoms with Gasteiger partial charge in [-0.3, -0.25) is 14.4 Å². The van der Waals surface area contributed by atoms with Crippen LogP contribution in [0, 0.1) is 18.2 Å². The SMILES string of the molecule is Cc1ncsc1-c1ccc(CNC(=O)[C@@H]2C[C@@H](O)CN2C(=O)C(NC(=O)COCCOCCOCCOc2ccc(-c3ccc4ncnc(Nc5ccc(OCc6cccc(F)c6)c(Cl)c5)c4c3)cc2)C(C)(C)C)cc1. The van der Waals surface area contributed by atoms with Crippen molar-refractivity contribution in [1.29, 1.82) is 0 Å². The van der Waals surface area contributed by atoms with Crippen LogP contribution < -0.4 is 25.4 Å². The summed E-state index contributed by atoms with van der Waals surface area (Å²) in [4.78, 5) is 56.2. The molecule has 3 heterocycles. The van der Waals surface area contributed by atoms with Gasteiger partial charge in [0.2, 0.25) is 17.7 Å². The molecule has 1 unspecified atom stereocenters. The molecule has 19 heteroatoms. The number of amides is 3. The number of aliphatic hydroxyl groups is 1. The van der Waals surface area contributed by atoms with E-state index in [2.05, 4.69) is 30.9 Å². The zero-order chi connectivity index (χ0) is 53.6. The molecule has 3 amide bonds. The Morgan fingerprint density at radius 1 is 0.816 bits per heavy atom. The number of likely N-dealkylation sites (tertiary alicyclic amines) is 1. The van der Waals surface area contributed by atoms with E-state index in [0.29, 0.717) is 60.0 Å². The molecule has 1 aliphatic heterocycles. The summed E-state index contributed by atoms with van der Waals surface area (Å²) in [6, 6.07) is 31.3. The van der Waals surface area contributed by atoms with E-state index in [1.165, 1.54) is 23.4 Å². The fourth-order valence-corrected chi connectivity index (χ4v) is 9.55. The first-order valence-corrected chi connectivity index (χ1v) is 26.1. The largest absolute Gasteiger partial charge is 0.491 e. The van der Waals surface area contributed by atoms with E-state index in [1.807, 2.05) is 106 Å². The topological polar surface area (TPSA) is 196 Å². The summed E-state index contributed by atoms with van der Waals surface area (Å²) in [5, 5.41) is 20.8. The lowest BCUT2D eigenvalue weighted by molar-refractivity contribution is -0.144. The maximum absolute atomic E-state index is 14.0. The van der Waals surface area contributed by atoms with Gasteiger partial charge < -0.3 is 49.6 Å². The van der Waals surface area contributed by atoms with Crippen LogP contribution in [-0.2, 0) is 41.7 Å². The third kappa shape index (κ3) is 15.1. The fourth-order valence-electron chi connectivity index (χ4n) is 8.51. The number of anilines is 2. The molecule has 0 spiro atoms. The number of aryl methyl sites for hydroxylation is 1. The Morgan fingerprint density at radius 3 is 2.25 bits per heavy atom. The van der Waals surface area contributed by atoms with Crippen molar-refractivity contribution < 1.29 is 47.6 Å². The second-order valence-corrected chi connectivity index (χ2v) is 20.5. The maximum atomic E-state index is 14.0. The van der Waals surface area contributed by atoms with Crippen molar-refractivity contribution in [2.75, 3.05) is 58.1 Å². The van der Waals surface area contributed by atoms with Crippen molar-refractivity contribution in [3.05, 3.63) is 149 Å². The van der Waals surface area contributed by atoms with Gasteiger partial charge in [-0.05, 0) is 94.8 Å². The number of β-amino-alcohol motifs (C(OH)–C–C–N with tert-alkyl or cyclic N) is 1. The van der Waals surface area contributed by atoms with E-state index >= 15 is 0 Å². The Labute approximate surface area is 449 Å². The number of hydrogen-bond acceptors (Lipinski definition) is 14. The average Bonchev–Trinajstić information content (AvgIpc) is 4.03. The first kappa shape index (κ1) is 55.2. The molecular weight excluding hydrogens is 1010 g/mol. The maximum Gasteiger partial charge on any atom is 0.246 e. The molecule has 7 aromatic rings. The molecule has 4 N–H and O–H groups in total. The minimum absolute atomic E-state index is 0.0243. The monoisotopic (exact) mass is 1070 g/mol. The first-order valence-electron chi connectivity index (χ1n) is 24.9. The highest BCUT2D eigenvalue weighted by atomic mass is 35.5. The summed E-state index contributed by atoms with van der Waals surface area (Å²) >= 11 is 8.13. The van der Waals surface area contributed by atoms with Gasteiger partial charge >= 0.3 is 0 Å². The van der Waals surface area contributed by atoms with Gasteiger partial charge in [-0.1, -0.05) is 87.0 Å². The molecule has 76 heavy (non-hydrogen) atoms. The average molecular weight is 1070 g/mol. The number of halogens is 2. The second kappa shape index (κ2) is 26.1. The van der Waals surface area contributed by atoms with Gasteiger partial charge in [0, 0.05) is 30.6 Å². The zero-order valence-corrected chi connectivity index (χ0v) is 44.3. The van der Waals surface area contributed by atoms with Crippen LogP contribution in [-0.4, -0.2) is 114 Å². The predicted octanol–water partition coefficient (Wildman–Crippen LogP) is 9.08. The van der Waals surface area contributed by atoms with Crippen LogP contribution in [0.4, 0.5) is 15.9 Å². The summed E-state index contributed by atoms with van der Waals surface area (Å²) < 4.78 is 42.2. The number of fused-ring (bicyclic) bond motifs is 1. The molecule has 398 valence electrons. The third-order valence-electron chi connectivity index (χ3n) is 12.5. The fraction of sp³-hybridized carbons (Fsp3) is 0.333. The van der Waals surface area contributed by atoms with Crippen molar-refractivity contribution in [3.8, 4) is 33.1 Å². The minimum Gasteiger partial charge on any atom is -0.491 e. The molecule has 0 aliphatic carbocycles. The molecule has 3 atom stereocenters. The predicted molar refractivity (Wildman–Crippen MR) is 290 cm³/mol. The molecule has 2 aromatic heterocycles. The number of aliphatic hydroxyl groups excluding tert-OH is 1. The quantitative estimate of drug-likeness (QED) is 0.0419. The number of carbonyl (C=O) groups excluding carboxylic acids is 3.